The molecule has 0 fully saturated rings. The third kappa shape index (κ3) is 8.09. The Hall–Kier alpha value is -1.64. The van der Waals surface area contributed by atoms with Gasteiger partial charge in [0.25, 0.3) is 0 Å². The predicted octanol–water partition coefficient (Wildman–Crippen LogP) is 7.18. The number of unbranched alkanes of at least 4 members (excludes halogenated alkanes) is 2. The molecule has 3 unspecified atom stereocenters. The first-order chi connectivity index (χ1) is 14.9. The lowest BCUT2D eigenvalue weighted by molar-refractivity contribution is 0.144. The summed E-state index contributed by atoms with van der Waals surface area (Å²) in [5.41, 5.74) is 2.99. The molecule has 2 heteroatoms. The molecule has 0 heterocycles. The molecule has 2 N–H and O–H groups in total. The lowest BCUT2D eigenvalue weighted by atomic mass is 9.75. The van der Waals surface area contributed by atoms with E-state index >= 15 is 0 Å². The molecule has 0 aliphatic rings. The zero-order chi connectivity index (χ0) is 22.6. The highest BCUT2D eigenvalue weighted by atomic mass is 16.3. The Morgan fingerprint density at radius 2 is 1.13 bits per heavy atom. The maximum absolute atomic E-state index is 10.5. The average molecular weight is 425 g/mol. The summed E-state index contributed by atoms with van der Waals surface area (Å²) in [7, 11) is 0. The molecule has 2 aromatic carbocycles. The van der Waals surface area contributed by atoms with Crippen LogP contribution >= 0.6 is 0 Å². The van der Waals surface area contributed by atoms with E-state index in [1.807, 2.05) is 6.07 Å². The summed E-state index contributed by atoms with van der Waals surface area (Å²) in [5.74, 6) is 0. The molecule has 0 spiro atoms. The van der Waals surface area contributed by atoms with Gasteiger partial charge in [0.05, 0.1) is 6.10 Å². The minimum atomic E-state index is -0.189. The molecule has 2 aromatic rings. The van der Waals surface area contributed by atoms with Crippen LogP contribution < -0.4 is 0 Å². The fraction of sp³-hybridized carbons (Fsp3) is 0.586. The van der Waals surface area contributed by atoms with Crippen LogP contribution in [0.25, 0.3) is 0 Å². The Balaban J connectivity index is 1.68. The molecular weight excluding hydrogens is 380 g/mol. The van der Waals surface area contributed by atoms with Gasteiger partial charge < -0.3 is 10.2 Å². The largest absolute Gasteiger partial charge is 0.396 e. The molecule has 2 rings (SSSR count). The molecular formula is C29H44O2. The van der Waals surface area contributed by atoms with E-state index in [1.54, 1.807) is 0 Å². The van der Waals surface area contributed by atoms with E-state index in [9.17, 15) is 10.2 Å². The zero-order valence-corrected chi connectivity index (χ0v) is 20.0. The second kappa shape index (κ2) is 13.0. The standard InChI is InChI=1S/C29H44O2/c1-4-28(2,25-15-7-5-8-16-25)21-13-11-19-27(31)20-12-14-22-29(3,23-24-30)26-17-9-6-10-18-26/h5-10,15-18,27,30-31H,4,11-14,19-24H2,1-3H3. The van der Waals surface area contributed by atoms with E-state index < -0.39 is 0 Å². The molecule has 0 amide bonds. The van der Waals surface area contributed by atoms with E-state index in [-0.39, 0.29) is 23.5 Å². The number of rotatable bonds is 15. The summed E-state index contributed by atoms with van der Waals surface area (Å²) in [6, 6.07) is 21.4. The van der Waals surface area contributed by atoms with Crippen molar-refractivity contribution < 1.29 is 10.2 Å². The molecule has 172 valence electrons. The summed E-state index contributed by atoms with van der Waals surface area (Å²) in [6.07, 6.45) is 10.2. The van der Waals surface area contributed by atoms with Crippen molar-refractivity contribution in [1.29, 1.82) is 0 Å². The molecule has 0 bridgehead atoms. The highest BCUT2D eigenvalue weighted by Gasteiger charge is 2.26. The lowest BCUT2D eigenvalue weighted by Crippen LogP contribution is -2.23. The molecule has 0 aliphatic heterocycles. The van der Waals surface area contributed by atoms with Crippen molar-refractivity contribution in [2.24, 2.45) is 0 Å². The van der Waals surface area contributed by atoms with Crippen LogP contribution in [-0.4, -0.2) is 22.9 Å². The van der Waals surface area contributed by atoms with Gasteiger partial charge in [0.15, 0.2) is 0 Å². The van der Waals surface area contributed by atoms with Crippen LogP contribution in [0.4, 0.5) is 0 Å². The van der Waals surface area contributed by atoms with Crippen molar-refractivity contribution in [3.63, 3.8) is 0 Å². The molecule has 0 aromatic heterocycles. The summed E-state index contributed by atoms with van der Waals surface area (Å²) >= 11 is 0. The van der Waals surface area contributed by atoms with E-state index in [1.165, 1.54) is 24.0 Å². The Morgan fingerprint density at radius 1 is 0.677 bits per heavy atom. The van der Waals surface area contributed by atoms with Gasteiger partial charge in [-0.15, -0.1) is 0 Å². The van der Waals surface area contributed by atoms with Gasteiger partial charge in [-0.2, -0.15) is 0 Å². The van der Waals surface area contributed by atoms with E-state index in [4.69, 9.17) is 0 Å². The third-order valence-electron chi connectivity index (χ3n) is 7.42. The van der Waals surface area contributed by atoms with Gasteiger partial charge in [-0.25, -0.2) is 0 Å². The monoisotopic (exact) mass is 424 g/mol. The predicted molar refractivity (Wildman–Crippen MR) is 133 cm³/mol. The maximum atomic E-state index is 10.5. The first-order valence-corrected chi connectivity index (χ1v) is 12.3. The van der Waals surface area contributed by atoms with Crippen molar-refractivity contribution in [2.75, 3.05) is 6.61 Å². The van der Waals surface area contributed by atoms with Crippen molar-refractivity contribution in [3.8, 4) is 0 Å². The van der Waals surface area contributed by atoms with E-state index in [0.29, 0.717) is 0 Å². The first-order valence-electron chi connectivity index (χ1n) is 12.3. The van der Waals surface area contributed by atoms with Crippen LogP contribution in [0, 0.1) is 0 Å². The number of aliphatic hydroxyl groups is 2. The SMILES string of the molecule is CCC(C)(CCCCC(O)CCCCC(C)(CCO)c1ccccc1)c1ccccc1. The van der Waals surface area contributed by atoms with E-state index in [0.717, 1.165) is 51.4 Å². The Kier molecular flexibility index (Phi) is 10.8. The van der Waals surface area contributed by atoms with Crippen molar-refractivity contribution >= 4 is 0 Å². The van der Waals surface area contributed by atoms with Gasteiger partial charge in [0.2, 0.25) is 0 Å². The summed E-state index contributed by atoms with van der Waals surface area (Å²) in [6.45, 7) is 7.12. The second-order valence-electron chi connectivity index (χ2n) is 9.83. The van der Waals surface area contributed by atoms with Gasteiger partial charge in [0.1, 0.15) is 0 Å². The molecule has 0 radical (unpaired) electrons. The van der Waals surface area contributed by atoms with Crippen LogP contribution in [0.2, 0.25) is 0 Å². The summed E-state index contributed by atoms with van der Waals surface area (Å²) in [5, 5.41) is 20.0. The number of benzene rings is 2. The van der Waals surface area contributed by atoms with Gasteiger partial charge >= 0.3 is 0 Å². The van der Waals surface area contributed by atoms with Gasteiger partial charge in [-0.1, -0.05) is 107 Å². The van der Waals surface area contributed by atoms with E-state index in [2.05, 4.69) is 75.4 Å². The van der Waals surface area contributed by atoms with Crippen LogP contribution in [0.1, 0.15) is 96.1 Å². The van der Waals surface area contributed by atoms with Crippen molar-refractivity contribution in [1.82, 2.24) is 0 Å². The zero-order valence-electron chi connectivity index (χ0n) is 20.0. The van der Waals surface area contributed by atoms with Crippen LogP contribution in [-0.2, 0) is 10.8 Å². The molecule has 0 saturated carbocycles. The minimum absolute atomic E-state index is 0.0169. The number of aliphatic hydroxyl groups excluding tert-OH is 2. The Labute approximate surface area is 190 Å². The molecule has 3 atom stereocenters. The normalized spacial score (nSPS) is 16.4. The third-order valence-corrected chi connectivity index (χ3v) is 7.42. The smallest absolute Gasteiger partial charge is 0.0540 e. The Bertz CT molecular complexity index is 714. The topological polar surface area (TPSA) is 40.5 Å². The lowest BCUT2D eigenvalue weighted by Gasteiger charge is -2.30. The highest BCUT2D eigenvalue weighted by molar-refractivity contribution is 5.25. The number of hydrogen-bond acceptors (Lipinski definition) is 2. The molecule has 0 aliphatic carbocycles. The van der Waals surface area contributed by atoms with Crippen molar-refractivity contribution in [3.05, 3.63) is 71.8 Å². The maximum Gasteiger partial charge on any atom is 0.0540 e. The Morgan fingerprint density at radius 3 is 1.58 bits per heavy atom. The molecule has 31 heavy (non-hydrogen) atoms. The van der Waals surface area contributed by atoms with Gasteiger partial charge in [-0.3, -0.25) is 0 Å². The van der Waals surface area contributed by atoms with Crippen LogP contribution in [0.3, 0.4) is 0 Å². The summed E-state index contributed by atoms with van der Waals surface area (Å²) < 4.78 is 0. The number of hydrogen-bond donors (Lipinski definition) is 2. The quantitative estimate of drug-likeness (QED) is 0.297. The molecule has 2 nitrogen and oxygen atoms in total. The fourth-order valence-electron chi connectivity index (χ4n) is 4.80. The van der Waals surface area contributed by atoms with Crippen LogP contribution in [0.5, 0.6) is 0 Å². The fourth-order valence-corrected chi connectivity index (χ4v) is 4.80. The van der Waals surface area contributed by atoms with Crippen LogP contribution in [0.15, 0.2) is 60.7 Å². The van der Waals surface area contributed by atoms with Gasteiger partial charge in [-0.05, 0) is 60.5 Å². The van der Waals surface area contributed by atoms with Crippen molar-refractivity contribution in [2.45, 2.75) is 102 Å². The average Bonchev–Trinajstić information content (AvgIpc) is 2.81. The summed E-state index contributed by atoms with van der Waals surface area (Å²) in [4.78, 5) is 0. The molecule has 0 saturated heterocycles. The highest BCUT2D eigenvalue weighted by Crippen LogP contribution is 2.34. The van der Waals surface area contributed by atoms with Gasteiger partial charge in [0, 0.05) is 6.61 Å². The first kappa shape index (κ1) is 25.6. The minimum Gasteiger partial charge on any atom is -0.396 e. The second-order valence-corrected chi connectivity index (χ2v) is 9.83.